The Bertz CT molecular complexity index is 1100. The second kappa shape index (κ2) is 9.86. The van der Waals surface area contributed by atoms with Crippen LogP contribution in [0.5, 0.6) is 0 Å². The van der Waals surface area contributed by atoms with E-state index in [0.717, 1.165) is 39.3 Å². The number of aryl methyl sites for hydroxylation is 1. The number of amides is 2. The van der Waals surface area contributed by atoms with Crippen LogP contribution in [0.4, 0.5) is 4.79 Å². The fourth-order valence-corrected chi connectivity index (χ4v) is 4.23. The molecule has 2 amide bonds. The number of thioether (sulfide) groups is 1. The van der Waals surface area contributed by atoms with Gasteiger partial charge in [0.05, 0.1) is 23.7 Å². The molecule has 1 aromatic carbocycles. The van der Waals surface area contributed by atoms with Crippen LogP contribution in [0.2, 0.25) is 0 Å². The molecule has 2 aromatic rings. The molecule has 3 rings (SSSR count). The Morgan fingerprint density at radius 3 is 2.31 bits per heavy atom. The van der Waals surface area contributed by atoms with E-state index in [1.807, 2.05) is 36.6 Å². The molecule has 32 heavy (non-hydrogen) atoms. The van der Waals surface area contributed by atoms with Crippen molar-refractivity contribution in [1.29, 1.82) is 0 Å². The van der Waals surface area contributed by atoms with Crippen LogP contribution in [0.3, 0.4) is 0 Å². The van der Waals surface area contributed by atoms with Crippen molar-refractivity contribution in [3.05, 3.63) is 57.8 Å². The predicted molar refractivity (Wildman–Crippen MR) is 121 cm³/mol. The maximum atomic E-state index is 12.6. The molecule has 0 unspecified atom stereocenters. The van der Waals surface area contributed by atoms with Crippen molar-refractivity contribution >= 4 is 40.9 Å². The molecule has 1 fully saturated rings. The minimum absolute atomic E-state index is 0.178. The molecule has 1 aliphatic rings. The van der Waals surface area contributed by atoms with E-state index in [1.165, 1.54) is 0 Å². The normalized spacial score (nSPS) is 14.9. The number of rotatable bonds is 7. The zero-order valence-electron chi connectivity index (χ0n) is 18.3. The van der Waals surface area contributed by atoms with Crippen LogP contribution in [0.1, 0.15) is 41.2 Å². The average molecular weight is 457 g/mol. The molecule has 0 aliphatic carbocycles. The first-order valence-electron chi connectivity index (χ1n) is 10.1. The van der Waals surface area contributed by atoms with Gasteiger partial charge in [-0.1, -0.05) is 0 Å². The number of nitrogens with zero attached hydrogens (tertiary/aromatic N) is 2. The second-order valence-corrected chi connectivity index (χ2v) is 8.00. The summed E-state index contributed by atoms with van der Waals surface area (Å²) in [6.45, 7) is 7.33. The minimum atomic E-state index is -0.625. The molecule has 0 atom stereocenters. The minimum Gasteiger partial charge on any atom is -0.465 e. The average Bonchev–Trinajstić information content (AvgIpc) is 3.18. The van der Waals surface area contributed by atoms with Crippen molar-refractivity contribution in [3.8, 4) is 5.69 Å². The standard InChI is InChI=1S/C23H24N2O6S/c1-5-30-20(26)13-24-21(27)19(32-23(24)29)12-17-11-14(3)25(15(17)4)18-9-7-16(8-10-18)22(28)31-6-2/h7-12H,5-6,13H2,1-4H3/b19-12+. The summed E-state index contributed by atoms with van der Waals surface area (Å²) < 4.78 is 11.8. The number of benzene rings is 1. The van der Waals surface area contributed by atoms with Crippen LogP contribution in [-0.4, -0.2) is 52.3 Å². The lowest BCUT2D eigenvalue weighted by atomic mass is 10.2. The van der Waals surface area contributed by atoms with Gasteiger partial charge in [-0.3, -0.25) is 19.3 Å². The molecule has 1 aromatic heterocycles. The molecule has 9 heteroatoms. The van der Waals surface area contributed by atoms with Crippen LogP contribution in [0.25, 0.3) is 11.8 Å². The third-order valence-corrected chi connectivity index (χ3v) is 5.77. The van der Waals surface area contributed by atoms with Gasteiger partial charge >= 0.3 is 11.9 Å². The van der Waals surface area contributed by atoms with E-state index in [1.54, 1.807) is 32.1 Å². The lowest BCUT2D eigenvalue weighted by molar-refractivity contribution is -0.145. The number of hydrogen-bond donors (Lipinski definition) is 0. The van der Waals surface area contributed by atoms with E-state index in [4.69, 9.17) is 9.47 Å². The number of carbonyl (C=O) groups excluding carboxylic acids is 4. The first-order chi connectivity index (χ1) is 15.3. The van der Waals surface area contributed by atoms with Crippen LogP contribution in [0, 0.1) is 13.8 Å². The van der Waals surface area contributed by atoms with Gasteiger partial charge in [0.15, 0.2) is 0 Å². The highest BCUT2D eigenvalue weighted by Crippen LogP contribution is 2.33. The highest BCUT2D eigenvalue weighted by Gasteiger charge is 2.36. The molecule has 0 N–H and O–H groups in total. The molecular formula is C23H24N2O6S. The second-order valence-electron chi connectivity index (χ2n) is 7.00. The fourth-order valence-electron chi connectivity index (χ4n) is 3.41. The summed E-state index contributed by atoms with van der Waals surface area (Å²) in [7, 11) is 0. The van der Waals surface area contributed by atoms with Crippen LogP contribution in [-0.2, 0) is 19.1 Å². The smallest absolute Gasteiger partial charge is 0.338 e. The highest BCUT2D eigenvalue weighted by atomic mass is 32.2. The maximum absolute atomic E-state index is 12.6. The van der Waals surface area contributed by atoms with E-state index in [0.29, 0.717) is 12.2 Å². The summed E-state index contributed by atoms with van der Waals surface area (Å²) in [6.07, 6.45) is 1.65. The van der Waals surface area contributed by atoms with Crippen molar-refractivity contribution in [2.24, 2.45) is 0 Å². The zero-order valence-corrected chi connectivity index (χ0v) is 19.2. The summed E-state index contributed by atoms with van der Waals surface area (Å²) in [5.41, 5.74) is 3.88. The number of ether oxygens (including phenoxy) is 2. The third kappa shape index (κ3) is 4.77. The van der Waals surface area contributed by atoms with Gasteiger partial charge in [0, 0.05) is 17.1 Å². The Balaban J connectivity index is 1.86. The van der Waals surface area contributed by atoms with Gasteiger partial charge in [0.25, 0.3) is 11.1 Å². The van der Waals surface area contributed by atoms with Crippen molar-refractivity contribution in [2.45, 2.75) is 27.7 Å². The first kappa shape index (κ1) is 23.3. The van der Waals surface area contributed by atoms with Gasteiger partial charge in [-0.2, -0.15) is 0 Å². The van der Waals surface area contributed by atoms with Crippen molar-refractivity contribution < 1.29 is 28.7 Å². The van der Waals surface area contributed by atoms with Gasteiger partial charge in [-0.05, 0) is 81.4 Å². The van der Waals surface area contributed by atoms with E-state index < -0.39 is 23.7 Å². The van der Waals surface area contributed by atoms with E-state index >= 15 is 0 Å². The summed E-state index contributed by atoms with van der Waals surface area (Å²) in [5, 5.41) is -0.502. The molecule has 168 valence electrons. The summed E-state index contributed by atoms with van der Waals surface area (Å²) in [6, 6.07) is 8.96. The van der Waals surface area contributed by atoms with Gasteiger partial charge in [0.2, 0.25) is 0 Å². The van der Waals surface area contributed by atoms with Crippen LogP contribution < -0.4 is 0 Å². The van der Waals surface area contributed by atoms with Crippen LogP contribution >= 0.6 is 11.8 Å². The van der Waals surface area contributed by atoms with E-state index in [-0.39, 0.29) is 17.5 Å². The lowest BCUT2D eigenvalue weighted by Gasteiger charge is -2.11. The lowest BCUT2D eigenvalue weighted by Crippen LogP contribution is -2.34. The Morgan fingerprint density at radius 1 is 1.03 bits per heavy atom. The van der Waals surface area contributed by atoms with Crippen molar-refractivity contribution in [2.75, 3.05) is 19.8 Å². The molecule has 2 heterocycles. The van der Waals surface area contributed by atoms with E-state index in [2.05, 4.69) is 0 Å². The number of carbonyl (C=O) groups is 4. The summed E-state index contributed by atoms with van der Waals surface area (Å²) in [5.74, 6) is -1.52. The Labute approximate surface area is 190 Å². The summed E-state index contributed by atoms with van der Waals surface area (Å²) in [4.78, 5) is 49.6. The third-order valence-electron chi connectivity index (χ3n) is 4.86. The number of hydrogen-bond acceptors (Lipinski definition) is 7. The SMILES string of the molecule is CCOC(=O)CN1C(=O)S/C(=C/c2cc(C)n(-c3ccc(C(=O)OCC)cc3)c2C)C1=O. The zero-order chi connectivity index (χ0) is 23.4. The van der Waals surface area contributed by atoms with Gasteiger partial charge in [-0.15, -0.1) is 0 Å². The molecule has 0 saturated carbocycles. The van der Waals surface area contributed by atoms with Crippen molar-refractivity contribution in [3.63, 3.8) is 0 Å². The fraction of sp³-hybridized carbons (Fsp3) is 0.304. The highest BCUT2D eigenvalue weighted by molar-refractivity contribution is 8.18. The molecule has 1 saturated heterocycles. The monoisotopic (exact) mass is 456 g/mol. The van der Waals surface area contributed by atoms with Gasteiger partial charge < -0.3 is 14.0 Å². The maximum Gasteiger partial charge on any atom is 0.338 e. The molecule has 0 bridgehead atoms. The van der Waals surface area contributed by atoms with Crippen molar-refractivity contribution in [1.82, 2.24) is 9.47 Å². The Hall–Kier alpha value is -3.33. The largest absolute Gasteiger partial charge is 0.465 e. The summed E-state index contributed by atoms with van der Waals surface area (Å²) >= 11 is 0.796. The molecule has 8 nitrogen and oxygen atoms in total. The topological polar surface area (TPSA) is 94.9 Å². The Morgan fingerprint density at radius 2 is 1.69 bits per heavy atom. The number of aromatic nitrogens is 1. The molecule has 1 aliphatic heterocycles. The van der Waals surface area contributed by atoms with Crippen LogP contribution in [0.15, 0.2) is 35.2 Å². The Kier molecular flexibility index (Phi) is 7.19. The first-order valence-corrected chi connectivity index (χ1v) is 11.0. The van der Waals surface area contributed by atoms with E-state index in [9.17, 15) is 19.2 Å². The number of esters is 2. The van der Waals surface area contributed by atoms with Gasteiger partial charge in [0.1, 0.15) is 6.54 Å². The molecule has 0 spiro atoms. The number of imide groups is 1. The molecule has 0 radical (unpaired) electrons. The van der Waals surface area contributed by atoms with Gasteiger partial charge in [-0.25, -0.2) is 4.79 Å². The quantitative estimate of drug-likeness (QED) is 0.461. The predicted octanol–water partition coefficient (Wildman–Crippen LogP) is 3.87. The molecular weight excluding hydrogens is 432 g/mol.